The minimum absolute atomic E-state index is 0.0139. The number of carbonyl (C=O) groups excluding carboxylic acids is 2. The molecule has 2 unspecified atom stereocenters. The van der Waals surface area contributed by atoms with Gasteiger partial charge in [0, 0.05) is 83.0 Å². The molecule has 14 heteroatoms. The number of alkyl halides is 2. The molecule has 218 valence electrons. The third-order valence-electron chi connectivity index (χ3n) is 8.75. The van der Waals surface area contributed by atoms with Crippen molar-refractivity contribution < 1.29 is 18.4 Å². The predicted molar refractivity (Wildman–Crippen MR) is 146 cm³/mol. The van der Waals surface area contributed by atoms with Crippen LogP contribution < -0.4 is 15.5 Å². The second-order valence-corrected chi connectivity index (χ2v) is 11.7. The van der Waals surface area contributed by atoms with Crippen LogP contribution in [0, 0.1) is 5.92 Å². The first-order chi connectivity index (χ1) is 19.8. The van der Waals surface area contributed by atoms with Crippen LogP contribution in [0.15, 0.2) is 30.7 Å². The molecule has 4 fully saturated rings. The zero-order valence-corrected chi connectivity index (χ0v) is 22.8. The summed E-state index contributed by atoms with van der Waals surface area (Å²) in [6.07, 6.45) is 6.97. The second-order valence-electron chi connectivity index (χ2n) is 11.7. The fraction of sp³-hybridized carbons (Fsp3) is 0.593. The van der Waals surface area contributed by atoms with Gasteiger partial charge in [0.1, 0.15) is 6.54 Å². The zero-order chi connectivity index (χ0) is 28.1. The monoisotopic (exact) mass is 568 g/mol. The van der Waals surface area contributed by atoms with E-state index in [1.807, 2.05) is 28.1 Å². The van der Waals surface area contributed by atoms with Crippen LogP contribution in [0.3, 0.4) is 0 Å². The van der Waals surface area contributed by atoms with Crippen molar-refractivity contribution in [3.8, 4) is 0 Å². The number of anilines is 3. The van der Waals surface area contributed by atoms with Crippen LogP contribution in [0.4, 0.5) is 26.1 Å². The van der Waals surface area contributed by atoms with Gasteiger partial charge in [-0.1, -0.05) is 0 Å². The van der Waals surface area contributed by atoms with Crippen molar-refractivity contribution in [1.82, 2.24) is 39.5 Å². The molecule has 41 heavy (non-hydrogen) atoms. The van der Waals surface area contributed by atoms with E-state index in [2.05, 4.69) is 25.7 Å². The van der Waals surface area contributed by atoms with Gasteiger partial charge in [-0.15, -0.1) is 5.10 Å². The molecule has 0 spiro atoms. The van der Waals surface area contributed by atoms with E-state index < -0.39 is 5.92 Å². The van der Waals surface area contributed by atoms with E-state index in [1.165, 1.54) is 0 Å². The Balaban J connectivity index is 1.01. The van der Waals surface area contributed by atoms with E-state index in [4.69, 9.17) is 4.98 Å². The Labute approximate surface area is 235 Å². The number of carbonyl (C=O) groups is 2. The third-order valence-corrected chi connectivity index (χ3v) is 8.75. The summed E-state index contributed by atoms with van der Waals surface area (Å²) in [4.78, 5) is 36.4. The van der Waals surface area contributed by atoms with Crippen LogP contribution >= 0.6 is 0 Å². The first-order valence-corrected chi connectivity index (χ1v) is 14.4. The molecule has 7 rings (SSSR count). The molecule has 12 nitrogen and oxygen atoms in total. The van der Waals surface area contributed by atoms with Gasteiger partial charge in [0.25, 0.3) is 0 Å². The Kier molecular flexibility index (Phi) is 6.51. The molecule has 3 aromatic rings. The molecule has 3 saturated heterocycles. The molecule has 2 amide bonds. The van der Waals surface area contributed by atoms with Crippen LogP contribution in [-0.2, 0) is 16.1 Å². The van der Waals surface area contributed by atoms with Gasteiger partial charge in [0.05, 0.1) is 17.6 Å². The number of nitrogens with one attached hydrogen (secondary N) is 2. The SMILES string of the molecule is O=C(Cn1cc(Nc2nc3c(N4CC5CCC(C4)N5C(=O)CC4CC(F)(F)C4)cccn3n2)cn1)N1CCNCC1. The molecule has 2 atom stereocenters. The number of hydrogen-bond acceptors (Lipinski definition) is 8. The zero-order valence-electron chi connectivity index (χ0n) is 22.8. The van der Waals surface area contributed by atoms with Crippen molar-refractivity contribution in [3.63, 3.8) is 0 Å². The van der Waals surface area contributed by atoms with Crippen LogP contribution in [0.1, 0.15) is 32.1 Å². The van der Waals surface area contributed by atoms with E-state index >= 15 is 0 Å². The average Bonchev–Trinajstić information content (AvgIpc) is 3.63. The summed E-state index contributed by atoms with van der Waals surface area (Å²) >= 11 is 0. The molecule has 6 heterocycles. The first kappa shape index (κ1) is 26.1. The van der Waals surface area contributed by atoms with Gasteiger partial charge in [-0.25, -0.2) is 13.3 Å². The lowest BCUT2D eigenvalue weighted by atomic mass is 9.79. The smallest absolute Gasteiger partial charge is 0.248 e. The molecule has 3 aromatic heterocycles. The van der Waals surface area contributed by atoms with Crippen LogP contribution in [-0.4, -0.2) is 103 Å². The molecule has 0 radical (unpaired) electrons. The Bertz CT molecular complexity index is 1430. The summed E-state index contributed by atoms with van der Waals surface area (Å²) in [7, 11) is 0. The van der Waals surface area contributed by atoms with Crippen molar-refractivity contribution in [2.45, 2.75) is 56.7 Å². The van der Waals surface area contributed by atoms with Crippen molar-refractivity contribution in [1.29, 1.82) is 0 Å². The Morgan fingerprint density at radius 1 is 1.10 bits per heavy atom. The maximum absolute atomic E-state index is 13.3. The highest BCUT2D eigenvalue weighted by Gasteiger charge is 2.48. The standard InChI is InChI=1S/C27H34F2N10O2/c28-27(29)11-18(12-27)10-23(40)39-20-3-4-21(39)16-36(15-20)22-2-1-7-38-25(22)33-26(34-38)32-19-13-31-37(14-19)17-24(41)35-8-5-30-6-9-35/h1-2,7,13-14,18,20-21,30H,3-6,8-12,15-17H2,(H,32,34). The lowest BCUT2D eigenvalue weighted by molar-refractivity contribution is -0.144. The van der Waals surface area contributed by atoms with Gasteiger partial charge in [-0.05, 0) is 30.9 Å². The molecule has 3 aliphatic heterocycles. The topological polar surface area (TPSA) is 116 Å². The first-order valence-electron chi connectivity index (χ1n) is 14.4. The fourth-order valence-electron chi connectivity index (χ4n) is 6.78. The van der Waals surface area contributed by atoms with E-state index in [0.29, 0.717) is 43.5 Å². The maximum Gasteiger partial charge on any atom is 0.248 e. The minimum atomic E-state index is -2.60. The molecule has 2 bridgehead atoms. The predicted octanol–water partition coefficient (Wildman–Crippen LogP) is 1.72. The highest BCUT2D eigenvalue weighted by molar-refractivity contribution is 5.79. The molecule has 1 aliphatic carbocycles. The van der Waals surface area contributed by atoms with Gasteiger partial charge in [0.15, 0.2) is 5.65 Å². The number of rotatable bonds is 7. The summed E-state index contributed by atoms with van der Waals surface area (Å²) in [6, 6.07) is 4.08. The molecule has 4 aliphatic rings. The van der Waals surface area contributed by atoms with Crippen molar-refractivity contribution in [2.75, 3.05) is 49.5 Å². The Hall–Kier alpha value is -3.81. The van der Waals surface area contributed by atoms with E-state index in [-0.39, 0.29) is 55.6 Å². The van der Waals surface area contributed by atoms with Gasteiger partial charge in [-0.2, -0.15) is 10.1 Å². The summed E-state index contributed by atoms with van der Waals surface area (Å²) in [5, 5.41) is 15.4. The van der Waals surface area contributed by atoms with Crippen LogP contribution in [0.25, 0.3) is 5.65 Å². The van der Waals surface area contributed by atoms with E-state index in [9.17, 15) is 18.4 Å². The summed E-state index contributed by atoms with van der Waals surface area (Å²) in [5.41, 5.74) is 2.32. The van der Waals surface area contributed by atoms with E-state index in [0.717, 1.165) is 31.6 Å². The number of pyridine rings is 1. The lowest BCUT2D eigenvalue weighted by Gasteiger charge is -2.43. The normalized spacial score (nSPS) is 24.1. The molecule has 0 aromatic carbocycles. The number of halogens is 2. The number of aromatic nitrogens is 5. The van der Waals surface area contributed by atoms with E-state index in [1.54, 1.807) is 21.6 Å². The van der Waals surface area contributed by atoms with Gasteiger partial charge < -0.3 is 25.3 Å². The van der Waals surface area contributed by atoms with Crippen molar-refractivity contribution >= 4 is 34.8 Å². The lowest BCUT2D eigenvalue weighted by Crippen LogP contribution is -2.56. The number of piperazine rings is 2. The molecular formula is C27H34F2N10O2. The molecular weight excluding hydrogens is 534 g/mol. The summed E-state index contributed by atoms with van der Waals surface area (Å²) < 4.78 is 29.9. The Morgan fingerprint density at radius 2 is 1.85 bits per heavy atom. The highest BCUT2D eigenvalue weighted by atomic mass is 19.3. The molecule has 2 N–H and O–H groups in total. The second kappa shape index (κ2) is 10.2. The van der Waals surface area contributed by atoms with Gasteiger partial charge in [-0.3, -0.25) is 14.3 Å². The average molecular weight is 569 g/mol. The van der Waals surface area contributed by atoms with Crippen molar-refractivity contribution in [3.05, 3.63) is 30.7 Å². The minimum Gasteiger partial charge on any atom is -0.364 e. The quantitative estimate of drug-likeness (QED) is 0.443. The third kappa shape index (κ3) is 5.20. The maximum atomic E-state index is 13.3. The summed E-state index contributed by atoms with van der Waals surface area (Å²) in [6.45, 7) is 4.53. The largest absolute Gasteiger partial charge is 0.364 e. The van der Waals surface area contributed by atoms with Gasteiger partial charge >= 0.3 is 0 Å². The number of fused-ring (bicyclic) bond motifs is 3. The fourth-order valence-corrected chi connectivity index (χ4v) is 6.78. The summed E-state index contributed by atoms with van der Waals surface area (Å²) in [5.74, 6) is -2.33. The van der Waals surface area contributed by atoms with Gasteiger partial charge in [0.2, 0.25) is 23.7 Å². The Morgan fingerprint density at radius 3 is 2.59 bits per heavy atom. The van der Waals surface area contributed by atoms with Crippen LogP contribution in [0.2, 0.25) is 0 Å². The number of amides is 2. The highest BCUT2D eigenvalue weighted by Crippen LogP contribution is 2.45. The number of nitrogens with zero attached hydrogens (tertiary/aromatic N) is 8. The molecule has 1 saturated carbocycles. The number of hydrogen-bond donors (Lipinski definition) is 2. The van der Waals surface area contributed by atoms with Crippen LogP contribution in [0.5, 0.6) is 0 Å². The van der Waals surface area contributed by atoms with Crippen molar-refractivity contribution in [2.24, 2.45) is 5.92 Å².